The van der Waals surface area contributed by atoms with Gasteiger partial charge in [-0.25, -0.2) is 9.97 Å². The Balaban J connectivity index is 1.43. The molecule has 4 bridgehead atoms. The Morgan fingerprint density at radius 1 is 1.00 bits per heavy atom. The summed E-state index contributed by atoms with van der Waals surface area (Å²) in [7, 11) is 0. The van der Waals surface area contributed by atoms with Crippen molar-refractivity contribution in [3.8, 4) is 17.3 Å². The maximum Gasteiger partial charge on any atom is 0.277 e. The number of pyridine rings is 1. The first-order chi connectivity index (χ1) is 17.7. The van der Waals surface area contributed by atoms with Crippen LogP contribution in [0.3, 0.4) is 0 Å². The summed E-state index contributed by atoms with van der Waals surface area (Å²) in [5, 5.41) is 10.1. The van der Waals surface area contributed by atoms with Crippen LogP contribution in [-0.2, 0) is 6.54 Å². The summed E-state index contributed by atoms with van der Waals surface area (Å²) in [6, 6.07) is 13.2. The molecule has 184 valence electrons. The lowest BCUT2D eigenvalue weighted by Crippen LogP contribution is -2.26. The van der Waals surface area contributed by atoms with Crippen molar-refractivity contribution in [2.45, 2.75) is 32.2 Å². The third-order valence-electron chi connectivity index (χ3n) is 5.74. The molecule has 10 heteroatoms. The van der Waals surface area contributed by atoms with Crippen LogP contribution in [0.5, 0.6) is 5.88 Å². The predicted octanol–water partition coefficient (Wildman–Crippen LogP) is 3.92. The minimum Gasteiger partial charge on any atom is -0.478 e. The van der Waals surface area contributed by atoms with Crippen molar-refractivity contribution in [1.29, 1.82) is 0 Å². The molecule has 0 saturated heterocycles. The fourth-order valence-corrected chi connectivity index (χ4v) is 3.89. The number of carbonyl (C=O) groups is 2. The zero-order valence-corrected chi connectivity index (χ0v) is 19.6. The van der Waals surface area contributed by atoms with Gasteiger partial charge in [-0.3, -0.25) is 14.3 Å². The van der Waals surface area contributed by atoms with Crippen LogP contribution in [0.25, 0.3) is 11.5 Å². The van der Waals surface area contributed by atoms with E-state index in [1.54, 1.807) is 29.2 Å². The molecule has 4 heterocycles. The highest BCUT2D eigenvalue weighted by atomic mass is 16.5. The summed E-state index contributed by atoms with van der Waals surface area (Å²) in [6.07, 6.45) is 8.14. The molecule has 0 unspecified atom stereocenters. The third-order valence-corrected chi connectivity index (χ3v) is 5.74. The minimum atomic E-state index is -0.512. The summed E-state index contributed by atoms with van der Waals surface area (Å²) >= 11 is 0. The van der Waals surface area contributed by atoms with Gasteiger partial charge in [-0.1, -0.05) is 43.2 Å². The van der Waals surface area contributed by atoms with Gasteiger partial charge in [0.15, 0.2) is 11.4 Å². The molecular weight excluding hydrogens is 460 g/mol. The molecule has 3 aromatic heterocycles. The predicted molar refractivity (Wildman–Crippen MR) is 132 cm³/mol. The van der Waals surface area contributed by atoms with E-state index >= 15 is 0 Å². The van der Waals surface area contributed by atoms with Crippen LogP contribution in [0, 0.1) is 0 Å². The Kier molecular flexibility index (Phi) is 7.02. The average molecular weight is 487 g/mol. The largest absolute Gasteiger partial charge is 0.478 e. The lowest BCUT2D eigenvalue weighted by atomic mass is 10.2. The fourth-order valence-electron chi connectivity index (χ4n) is 3.89. The van der Waals surface area contributed by atoms with E-state index in [-0.39, 0.29) is 23.2 Å². The first-order valence-electron chi connectivity index (χ1n) is 11.9. The molecule has 0 spiro atoms. The maximum absolute atomic E-state index is 13.0. The van der Waals surface area contributed by atoms with Gasteiger partial charge in [0.1, 0.15) is 6.26 Å². The monoisotopic (exact) mass is 486 g/mol. The quantitative estimate of drug-likeness (QED) is 0.440. The van der Waals surface area contributed by atoms with Gasteiger partial charge in [-0.05, 0) is 24.5 Å². The highest BCUT2D eigenvalue weighted by molar-refractivity contribution is 6.07. The van der Waals surface area contributed by atoms with E-state index in [0.29, 0.717) is 36.8 Å². The number of ether oxygens (including phenoxy) is 1. The topological polar surface area (TPSA) is 124 Å². The number of hydrogen-bond donors (Lipinski definition) is 2. The minimum absolute atomic E-state index is 0.0735. The molecule has 0 aliphatic carbocycles. The van der Waals surface area contributed by atoms with Gasteiger partial charge in [0, 0.05) is 30.6 Å². The molecule has 1 aliphatic rings. The number of hydrogen-bond acceptors (Lipinski definition) is 7. The molecule has 0 fully saturated rings. The third kappa shape index (κ3) is 5.60. The molecule has 1 aromatic carbocycles. The molecule has 4 aromatic rings. The molecule has 36 heavy (non-hydrogen) atoms. The molecular formula is C26H26N6O4. The number of fused-ring (bicyclic) bond motifs is 6. The smallest absolute Gasteiger partial charge is 0.277 e. The zero-order chi connectivity index (χ0) is 24.7. The van der Waals surface area contributed by atoms with Crippen molar-refractivity contribution in [1.82, 2.24) is 25.1 Å². The number of nitrogens with one attached hydrogen (secondary N) is 2. The van der Waals surface area contributed by atoms with Crippen molar-refractivity contribution in [3.63, 3.8) is 0 Å². The van der Waals surface area contributed by atoms with Gasteiger partial charge >= 0.3 is 0 Å². The van der Waals surface area contributed by atoms with E-state index in [9.17, 15) is 9.59 Å². The Morgan fingerprint density at radius 3 is 2.75 bits per heavy atom. The number of oxazole rings is 1. The second-order valence-electron chi connectivity index (χ2n) is 8.47. The van der Waals surface area contributed by atoms with E-state index in [4.69, 9.17) is 9.15 Å². The normalized spacial score (nSPS) is 14.9. The number of nitrogens with zero attached hydrogens (tertiary/aromatic N) is 4. The average Bonchev–Trinajstić information content (AvgIpc) is 3.54. The lowest BCUT2D eigenvalue weighted by Gasteiger charge is -2.07. The Morgan fingerprint density at radius 2 is 1.86 bits per heavy atom. The van der Waals surface area contributed by atoms with Crippen molar-refractivity contribution in [3.05, 3.63) is 78.1 Å². The van der Waals surface area contributed by atoms with Gasteiger partial charge in [0.05, 0.1) is 18.8 Å². The molecule has 0 atom stereocenters. The van der Waals surface area contributed by atoms with Crippen LogP contribution < -0.4 is 15.4 Å². The molecule has 2 N–H and O–H groups in total. The standard InChI is InChI=1S/C26H26N6O4/c33-24-21-17-36-26(30-21)19-10-12-27-22(14-19)35-13-7-2-1-6-11-28-25(34)23-20(29-24)16-32(31-23)15-18-8-4-3-5-9-18/h3-5,8-10,12,14,16-17H,1-2,6-7,11,13,15H2,(H,28,34)(H,29,33). The summed E-state index contributed by atoms with van der Waals surface area (Å²) in [5.74, 6) is -0.122. The van der Waals surface area contributed by atoms with Crippen LogP contribution in [-0.4, -0.2) is 44.7 Å². The van der Waals surface area contributed by atoms with Crippen molar-refractivity contribution in [2.75, 3.05) is 18.5 Å². The fraction of sp³-hybridized carbons (Fsp3) is 0.269. The van der Waals surface area contributed by atoms with Crippen molar-refractivity contribution < 1.29 is 18.7 Å². The van der Waals surface area contributed by atoms with E-state index in [1.807, 2.05) is 30.3 Å². The number of rotatable bonds is 2. The van der Waals surface area contributed by atoms with Crippen LogP contribution in [0.15, 0.2) is 65.5 Å². The van der Waals surface area contributed by atoms with Crippen LogP contribution in [0.2, 0.25) is 0 Å². The highest BCUT2D eigenvalue weighted by Gasteiger charge is 2.21. The molecule has 2 amide bonds. The SMILES string of the molecule is O=C1Nc2cn(Cc3ccccc3)nc2C(=O)NCCCCCCOc2cc(ccn2)-c2nc1co2. The number of amides is 2. The van der Waals surface area contributed by atoms with Crippen LogP contribution >= 0.6 is 0 Å². The number of benzene rings is 1. The van der Waals surface area contributed by atoms with Gasteiger partial charge < -0.3 is 19.8 Å². The van der Waals surface area contributed by atoms with Gasteiger partial charge in [0.2, 0.25) is 11.8 Å². The summed E-state index contributed by atoms with van der Waals surface area (Å²) in [6.45, 7) is 1.50. The Hall–Kier alpha value is -4.47. The van der Waals surface area contributed by atoms with E-state index < -0.39 is 5.91 Å². The Labute approximate surface area is 207 Å². The Bertz CT molecular complexity index is 1350. The van der Waals surface area contributed by atoms with Gasteiger partial charge in [0.25, 0.3) is 11.8 Å². The summed E-state index contributed by atoms with van der Waals surface area (Å²) in [4.78, 5) is 34.5. The lowest BCUT2D eigenvalue weighted by molar-refractivity contribution is 0.0948. The molecule has 1 aliphatic heterocycles. The molecule has 0 radical (unpaired) electrons. The number of anilines is 1. The van der Waals surface area contributed by atoms with Gasteiger partial charge in [-0.15, -0.1) is 0 Å². The molecule has 5 rings (SSSR count). The summed E-state index contributed by atoms with van der Waals surface area (Å²) < 4.78 is 12.9. The number of aromatic nitrogens is 4. The maximum atomic E-state index is 13.0. The zero-order valence-electron chi connectivity index (χ0n) is 19.6. The van der Waals surface area contributed by atoms with Crippen molar-refractivity contribution >= 4 is 17.5 Å². The second kappa shape index (κ2) is 10.9. The van der Waals surface area contributed by atoms with Crippen LogP contribution in [0.1, 0.15) is 52.2 Å². The van der Waals surface area contributed by atoms with E-state index in [0.717, 1.165) is 31.2 Å². The first-order valence-corrected chi connectivity index (χ1v) is 11.9. The highest BCUT2D eigenvalue weighted by Crippen LogP contribution is 2.23. The van der Waals surface area contributed by atoms with Crippen LogP contribution in [0.4, 0.5) is 5.69 Å². The van der Waals surface area contributed by atoms with Gasteiger partial charge in [-0.2, -0.15) is 5.10 Å². The summed E-state index contributed by atoms with van der Waals surface area (Å²) in [5.41, 5.74) is 2.19. The first kappa shape index (κ1) is 23.3. The second-order valence-corrected chi connectivity index (χ2v) is 8.47. The molecule has 0 saturated carbocycles. The van der Waals surface area contributed by atoms with Crippen molar-refractivity contribution in [2.24, 2.45) is 0 Å². The van der Waals surface area contributed by atoms with E-state index in [1.165, 1.54) is 6.26 Å². The number of carbonyl (C=O) groups excluding carboxylic acids is 2. The van der Waals surface area contributed by atoms with E-state index in [2.05, 4.69) is 25.7 Å². The molecule has 10 nitrogen and oxygen atoms in total.